The van der Waals surface area contributed by atoms with E-state index in [9.17, 15) is 19.8 Å². The molecular weight excluding hydrogens is 448 g/mol. The van der Waals surface area contributed by atoms with E-state index >= 15 is 0 Å². The number of hydrogen-bond donors (Lipinski definition) is 3. The monoisotopic (exact) mass is 488 g/mol. The molecule has 35 heavy (non-hydrogen) atoms. The first-order valence-corrected chi connectivity index (χ1v) is 12.9. The van der Waals surface area contributed by atoms with Gasteiger partial charge in [-0.1, -0.05) is 13.8 Å². The molecule has 1 saturated heterocycles. The van der Waals surface area contributed by atoms with Gasteiger partial charge in [-0.25, -0.2) is 4.79 Å². The van der Waals surface area contributed by atoms with Gasteiger partial charge in [-0.05, 0) is 80.0 Å². The number of anilines is 1. The molecular formula is C27H40N2O6. The van der Waals surface area contributed by atoms with E-state index in [4.69, 9.17) is 9.47 Å². The van der Waals surface area contributed by atoms with Gasteiger partial charge in [0.05, 0.1) is 19.8 Å². The number of aliphatic hydroxyl groups excluding tert-OH is 2. The van der Waals surface area contributed by atoms with E-state index in [1.165, 1.54) is 0 Å². The molecule has 3 N–H and O–H groups in total. The Balaban J connectivity index is 1.48. The number of benzene rings is 1. The van der Waals surface area contributed by atoms with Crippen LogP contribution in [0.3, 0.4) is 0 Å². The molecule has 2 amide bonds. The summed E-state index contributed by atoms with van der Waals surface area (Å²) in [5, 5.41) is 24.3. The van der Waals surface area contributed by atoms with Crippen LogP contribution in [0.4, 0.5) is 10.5 Å². The van der Waals surface area contributed by atoms with Gasteiger partial charge >= 0.3 is 6.09 Å². The Morgan fingerprint density at radius 2 is 1.80 bits per heavy atom. The Morgan fingerprint density at radius 3 is 2.43 bits per heavy atom. The fraction of sp³-hybridized carbons (Fsp3) is 0.704. The SMILES string of the molecule is COc1ccc(NC(=O)O[C@@H]2CC[C@]3(C)[C@@H](CC[C@@H](O)[C@H]3CC(=O)N3CCCC3)[C@]2(C)CO)cc1. The van der Waals surface area contributed by atoms with Crippen LogP contribution in [-0.2, 0) is 9.53 Å². The number of hydrogen-bond acceptors (Lipinski definition) is 6. The van der Waals surface area contributed by atoms with Gasteiger partial charge in [-0.15, -0.1) is 0 Å². The van der Waals surface area contributed by atoms with Crippen LogP contribution >= 0.6 is 0 Å². The second-order valence-corrected chi connectivity index (χ2v) is 11.1. The van der Waals surface area contributed by atoms with Crippen molar-refractivity contribution in [1.29, 1.82) is 0 Å². The summed E-state index contributed by atoms with van der Waals surface area (Å²) >= 11 is 0. The quantitative estimate of drug-likeness (QED) is 0.562. The molecule has 8 heteroatoms. The second-order valence-electron chi connectivity index (χ2n) is 11.1. The second kappa shape index (κ2) is 10.3. The van der Waals surface area contributed by atoms with Gasteiger partial charge in [-0.2, -0.15) is 0 Å². The average molecular weight is 489 g/mol. The maximum Gasteiger partial charge on any atom is 0.411 e. The van der Waals surface area contributed by atoms with Gasteiger partial charge in [0.1, 0.15) is 11.9 Å². The molecule has 0 spiro atoms. The standard InChI is InChI=1S/C27H40N2O6/c1-26-13-12-23(35-25(33)28-18-6-8-19(34-3)9-7-18)27(2,17-30)22(26)11-10-21(31)20(26)16-24(32)29-14-4-5-15-29/h6-9,20-23,30-31H,4-5,10-17H2,1-3H3,(H,28,33)/t20-,21-,22-,23-,26+,27+/m1/s1. The van der Waals surface area contributed by atoms with E-state index in [0.717, 1.165) is 38.8 Å². The predicted octanol–water partition coefficient (Wildman–Crippen LogP) is 3.81. The van der Waals surface area contributed by atoms with Gasteiger partial charge < -0.3 is 24.6 Å². The highest BCUT2D eigenvalue weighted by Crippen LogP contribution is 2.61. The molecule has 0 radical (unpaired) electrons. The van der Waals surface area contributed by atoms with Crippen LogP contribution in [0.15, 0.2) is 24.3 Å². The van der Waals surface area contributed by atoms with E-state index in [0.29, 0.717) is 30.7 Å². The number of nitrogens with zero attached hydrogens (tertiary/aromatic N) is 1. The van der Waals surface area contributed by atoms with Gasteiger partial charge in [-0.3, -0.25) is 10.1 Å². The highest BCUT2D eigenvalue weighted by molar-refractivity contribution is 5.84. The normalized spacial score (nSPS) is 34.7. The summed E-state index contributed by atoms with van der Waals surface area (Å²) in [5.74, 6) is 0.665. The molecule has 3 aliphatic rings. The summed E-state index contributed by atoms with van der Waals surface area (Å²) in [6.45, 7) is 5.61. The zero-order chi connectivity index (χ0) is 25.2. The van der Waals surface area contributed by atoms with Gasteiger partial charge in [0.25, 0.3) is 0 Å². The van der Waals surface area contributed by atoms with Gasteiger partial charge in [0.2, 0.25) is 5.91 Å². The molecule has 2 aliphatic carbocycles. The van der Waals surface area contributed by atoms with Crippen molar-refractivity contribution in [3.8, 4) is 5.75 Å². The number of amides is 2. The molecule has 1 aliphatic heterocycles. The minimum atomic E-state index is -0.667. The van der Waals surface area contributed by atoms with Crippen LogP contribution in [-0.4, -0.2) is 66.1 Å². The molecule has 3 fully saturated rings. The largest absolute Gasteiger partial charge is 0.497 e. The first-order valence-electron chi connectivity index (χ1n) is 12.9. The smallest absolute Gasteiger partial charge is 0.411 e. The molecule has 1 aromatic carbocycles. The molecule has 8 nitrogen and oxygen atoms in total. The third kappa shape index (κ3) is 5.00. The molecule has 0 aromatic heterocycles. The number of likely N-dealkylation sites (tertiary alicyclic amines) is 1. The number of fused-ring (bicyclic) bond motifs is 1. The van der Waals surface area contributed by atoms with Crippen LogP contribution in [0.2, 0.25) is 0 Å². The fourth-order valence-corrected chi connectivity index (χ4v) is 7.01. The first-order chi connectivity index (χ1) is 16.7. The number of nitrogens with one attached hydrogen (secondary N) is 1. The molecule has 194 valence electrons. The molecule has 1 aromatic rings. The van der Waals surface area contributed by atoms with Crippen LogP contribution in [0.1, 0.15) is 58.8 Å². The molecule has 1 heterocycles. The third-order valence-corrected chi connectivity index (χ3v) is 9.12. The highest BCUT2D eigenvalue weighted by Gasteiger charge is 2.60. The van der Waals surface area contributed by atoms with Crippen molar-refractivity contribution < 1.29 is 29.3 Å². The van der Waals surface area contributed by atoms with Crippen LogP contribution in [0, 0.1) is 22.7 Å². The third-order valence-electron chi connectivity index (χ3n) is 9.12. The van der Waals surface area contributed by atoms with Crippen LogP contribution < -0.4 is 10.1 Å². The average Bonchev–Trinajstić information content (AvgIpc) is 3.39. The first kappa shape index (κ1) is 25.8. The Morgan fingerprint density at radius 1 is 1.11 bits per heavy atom. The molecule has 0 bridgehead atoms. The lowest BCUT2D eigenvalue weighted by molar-refractivity contribution is -0.186. The maximum absolute atomic E-state index is 13.0. The number of carbonyl (C=O) groups is 2. The van der Waals surface area contributed by atoms with E-state index in [1.54, 1.807) is 31.4 Å². The Kier molecular flexibility index (Phi) is 7.62. The minimum Gasteiger partial charge on any atom is -0.497 e. The van der Waals surface area contributed by atoms with Crippen molar-refractivity contribution in [2.45, 2.75) is 71.0 Å². The van der Waals surface area contributed by atoms with Crippen molar-refractivity contribution in [1.82, 2.24) is 4.90 Å². The minimum absolute atomic E-state index is 0.0207. The van der Waals surface area contributed by atoms with Crippen molar-refractivity contribution in [3.63, 3.8) is 0 Å². The van der Waals surface area contributed by atoms with E-state index < -0.39 is 23.7 Å². The fourth-order valence-electron chi connectivity index (χ4n) is 7.01. The summed E-state index contributed by atoms with van der Waals surface area (Å²) < 4.78 is 11.1. The van der Waals surface area contributed by atoms with Crippen LogP contribution in [0.5, 0.6) is 5.75 Å². The lowest BCUT2D eigenvalue weighted by atomic mass is 9.46. The van der Waals surface area contributed by atoms with E-state index in [1.807, 2.05) is 11.8 Å². The van der Waals surface area contributed by atoms with Gasteiger partial charge in [0.15, 0.2) is 0 Å². The van der Waals surface area contributed by atoms with E-state index in [2.05, 4.69) is 12.2 Å². The van der Waals surface area contributed by atoms with Gasteiger partial charge in [0, 0.05) is 30.6 Å². The lowest BCUT2D eigenvalue weighted by Gasteiger charge is -2.60. The zero-order valence-electron chi connectivity index (χ0n) is 21.2. The summed E-state index contributed by atoms with van der Waals surface area (Å²) in [7, 11) is 1.58. The Hall–Kier alpha value is -2.32. The topological polar surface area (TPSA) is 108 Å². The summed E-state index contributed by atoms with van der Waals surface area (Å²) in [6.07, 6.45) is 3.46. The predicted molar refractivity (Wildman–Crippen MR) is 132 cm³/mol. The maximum atomic E-state index is 13.0. The molecule has 6 atom stereocenters. The van der Waals surface area contributed by atoms with Crippen LogP contribution in [0.25, 0.3) is 0 Å². The summed E-state index contributed by atoms with van der Waals surface area (Å²) in [4.78, 5) is 27.7. The van der Waals surface area contributed by atoms with Crippen molar-refractivity contribution in [2.24, 2.45) is 22.7 Å². The molecule has 4 rings (SSSR count). The number of aliphatic hydroxyl groups is 2. The van der Waals surface area contributed by atoms with Crippen molar-refractivity contribution in [3.05, 3.63) is 24.3 Å². The van der Waals surface area contributed by atoms with E-state index in [-0.39, 0.29) is 29.8 Å². The lowest BCUT2D eigenvalue weighted by Crippen LogP contribution is -2.61. The Bertz CT molecular complexity index is 901. The summed E-state index contributed by atoms with van der Waals surface area (Å²) in [6, 6.07) is 7.01. The van der Waals surface area contributed by atoms with Crippen molar-refractivity contribution >= 4 is 17.7 Å². The highest BCUT2D eigenvalue weighted by atomic mass is 16.6. The summed E-state index contributed by atoms with van der Waals surface area (Å²) in [5.41, 5.74) is -0.390. The molecule has 0 unspecified atom stereocenters. The number of rotatable bonds is 6. The number of methoxy groups -OCH3 is 1. The van der Waals surface area contributed by atoms with Crippen molar-refractivity contribution in [2.75, 3.05) is 32.1 Å². The molecule has 2 saturated carbocycles. The zero-order valence-corrected chi connectivity index (χ0v) is 21.2. The number of carbonyl (C=O) groups excluding carboxylic acids is 2. The number of ether oxygens (including phenoxy) is 2. The Labute approximate surface area is 208 Å².